The van der Waals surface area contributed by atoms with Crippen LogP contribution in [-0.4, -0.2) is 51.4 Å². The van der Waals surface area contributed by atoms with E-state index in [1.807, 2.05) is 26.0 Å². The molecule has 0 aliphatic rings. The topological polar surface area (TPSA) is 96.0 Å². The van der Waals surface area contributed by atoms with Gasteiger partial charge in [-0.3, -0.25) is 13.9 Å². The quantitative estimate of drug-likeness (QED) is 0.314. The Balaban J connectivity index is 1.99. The molecule has 0 aliphatic carbocycles. The Kier molecular flexibility index (Phi) is 10.5. The van der Waals surface area contributed by atoms with Crippen molar-refractivity contribution >= 4 is 43.5 Å². The number of hydrogen-bond donors (Lipinski definition) is 1. The molecule has 3 aromatic carbocycles. The van der Waals surface area contributed by atoms with Crippen LogP contribution in [0.5, 0.6) is 5.75 Å². The summed E-state index contributed by atoms with van der Waals surface area (Å²) in [5.74, 6) is 0.0621. The molecule has 0 heterocycles. The Morgan fingerprint density at radius 1 is 0.949 bits per heavy atom. The summed E-state index contributed by atoms with van der Waals surface area (Å²) < 4.78 is 34.5. The lowest BCUT2D eigenvalue weighted by Gasteiger charge is -2.32. The van der Waals surface area contributed by atoms with Crippen LogP contribution in [0.15, 0.2) is 88.2 Å². The number of carbonyl (C=O) groups is 2. The lowest BCUT2D eigenvalue weighted by Crippen LogP contribution is -2.51. The van der Waals surface area contributed by atoms with E-state index >= 15 is 0 Å². The van der Waals surface area contributed by atoms with Gasteiger partial charge in [0.1, 0.15) is 18.3 Å². The number of methoxy groups -OCH3 is 1. The van der Waals surface area contributed by atoms with Crippen LogP contribution in [0.2, 0.25) is 0 Å². The zero-order valence-corrected chi connectivity index (χ0v) is 24.9. The molecule has 208 valence electrons. The van der Waals surface area contributed by atoms with Crippen molar-refractivity contribution in [2.45, 2.75) is 38.3 Å². The molecule has 0 aromatic heterocycles. The summed E-state index contributed by atoms with van der Waals surface area (Å²) in [4.78, 5) is 28.4. The van der Waals surface area contributed by atoms with Crippen molar-refractivity contribution in [1.82, 2.24) is 10.2 Å². The monoisotopic (exact) mass is 615 g/mol. The molecule has 2 amide bonds. The minimum Gasteiger partial charge on any atom is -0.497 e. The van der Waals surface area contributed by atoms with Gasteiger partial charge < -0.3 is 15.0 Å². The van der Waals surface area contributed by atoms with Gasteiger partial charge in [0.05, 0.1) is 17.7 Å². The number of amides is 2. The zero-order valence-electron chi connectivity index (χ0n) is 22.5. The molecule has 0 spiro atoms. The molecule has 0 bridgehead atoms. The van der Waals surface area contributed by atoms with Crippen LogP contribution in [0.25, 0.3) is 0 Å². The van der Waals surface area contributed by atoms with Gasteiger partial charge in [0.25, 0.3) is 10.0 Å². The summed E-state index contributed by atoms with van der Waals surface area (Å²) in [6.07, 6.45) is 0. The molecule has 10 heteroatoms. The molecular formula is C29H34BrN3O5S. The Morgan fingerprint density at radius 3 is 2.21 bits per heavy atom. The molecule has 0 saturated heterocycles. The Bertz CT molecular complexity index is 1370. The number of rotatable bonds is 12. The summed E-state index contributed by atoms with van der Waals surface area (Å²) in [6, 6.07) is 21.0. The molecule has 39 heavy (non-hydrogen) atoms. The van der Waals surface area contributed by atoms with Crippen molar-refractivity contribution in [2.75, 3.05) is 24.5 Å². The first-order valence-electron chi connectivity index (χ1n) is 12.6. The van der Waals surface area contributed by atoms with Crippen LogP contribution in [0.4, 0.5) is 5.69 Å². The summed E-state index contributed by atoms with van der Waals surface area (Å²) >= 11 is 3.40. The molecule has 0 fully saturated rings. The highest BCUT2D eigenvalue weighted by molar-refractivity contribution is 9.10. The third kappa shape index (κ3) is 8.06. The summed E-state index contributed by atoms with van der Waals surface area (Å²) in [5.41, 5.74) is 1.09. The van der Waals surface area contributed by atoms with Crippen molar-refractivity contribution in [3.8, 4) is 5.75 Å². The van der Waals surface area contributed by atoms with Crippen molar-refractivity contribution in [3.63, 3.8) is 0 Å². The van der Waals surface area contributed by atoms with Crippen LogP contribution in [0, 0.1) is 5.92 Å². The predicted octanol–water partition coefficient (Wildman–Crippen LogP) is 4.84. The number of ether oxygens (including phenoxy) is 1. The molecule has 0 saturated carbocycles. The van der Waals surface area contributed by atoms with Gasteiger partial charge in [-0.15, -0.1) is 0 Å². The first-order chi connectivity index (χ1) is 18.5. The number of nitrogens with zero attached hydrogens (tertiary/aromatic N) is 2. The highest BCUT2D eigenvalue weighted by Crippen LogP contribution is 2.27. The molecule has 0 radical (unpaired) electrons. The van der Waals surface area contributed by atoms with E-state index < -0.39 is 28.5 Å². The third-order valence-corrected chi connectivity index (χ3v) is 8.35. The van der Waals surface area contributed by atoms with Crippen molar-refractivity contribution in [1.29, 1.82) is 0 Å². The maximum Gasteiger partial charge on any atom is 0.264 e. The van der Waals surface area contributed by atoms with Crippen LogP contribution in [0.1, 0.15) is 26.3 Å². The van der Waals surface area contributed by atoms with Gasteiger partial charge in [0.15, 0.2) is 0 Å². The van der Waals surface area contributed by atoms with E-state index in [2.05, 4.69) is 21.2 Å². The van der Waals surface area contributed by atoms with Crippen LogP contribution < -0.4 is 14.4 Å². The fourth-order valence-corrected chi connectivity index (χ4v) is 5.66. The summed E-state index contributed by atoms with van der Waals surface area (Å²) in [6.45, 7) is 5.68. The third-order valence-electron chi connectivity index (χ3n) is 6.07. The molecule has 3 rings (SSSR count). The van der Waals surface area contributed by atoms with Crippen molar-refractivity contribution in [2.24, 2.45) is 5.92 Å². The van der Waals surface area contributed by atoms with E-state index in [4.69, 9.17) is 4.74 Å². The molecule has 1 atom stereocenters. The normalized spacial score (nSPS) is 12.1. The first kappa shape index (κ1) is 30.2. The van der Waals surface area contributed by atoms with E-state index in [0.29, 0.717) is 22.5 Å². The summed E-state index contributed by atoms with van der Waals surface area (Å²) in [5, 5.41) is 2.88. The highest BCUT2D eigenvalue weighted by Gasteiger charge is 2.32. The van der Waals surface area contributed by atoms with E-state index in [1.54, 1.807) is 68.6 Å². The van der Waals surface area contributed by atoms with E-state index in [1.165, 1.54) is 17.0 Å². The summed E-state index contributed by atoms with van der Waals surface area (Å²) in [7, 11) is -2.54. The van der Waals surface area contributed by atoms with Gasteiger partial charge in [-0.05, 0) is 60.9 Å². The second-order valence-electron chi connectivity index (χ2n) is 9.49. The van der Waals surface area contributed by atoms with E-state index in [9.17, 15) is 18.0 Å². The number of anilines is 1. The van der Waals surface area contributed by atoms with Crippen molar-refractivity contribution in [3.05, 3.63) is 88.9 Å². The van der Waals surface area contributed by atoms with Gasteiger partial charge in [-0.25, -0.2) is 8.42 Å². The lowest BCUT2D eigenvalue weighted by atomic mass is 10.1. The largest absolute Gasteiger partial charge is 0.497 e. The standard InChI is InChI=1S/C29H34BrN3O5S/c1-21(2)18-31-29(35)22(3)32(19-23-13-15-26(38-4)16-14-23)28(34)20-33(25-10-8-9-24(30)17-25)39(36,37)27-11-6-5-7-12-27/h5-17,21-22H,18-20H2,1-4H3,(H,31,35)/t22-/m1/s1. The molecular weight excluding hydrogens is 582 g/mol. The van der Waals surface area contributed by atoms with Gasteiger partial charge in [0.2, 0.25) is 11.8 Å². The maximum absolute atomic E-state index is 13.9. The number of benzene rings is 3. The van der Waals surface area contributed by atoms with Crippen molar-refractivity contribution < 1.29 is 22.7 Å². The minimum absolute atomic E-state index is 0.0576. The second kappa shape index (κ2) is 13.6. The van der Waals surface area contributed by atoms with Crippen LogP contribution in [0.3, 0.4) is 0 Å². The predicted molar refractivity (Wildman–Crippen MR) is 156 cm³/mol. The van der Waals surface area contributed by atoms with Gasteiger partial charge >= 0.3 is 0 Å². The SMILES string of the molecule is COc1ccc(CN(C(=O)CN(c2cccc(Br)c2)S(=O)(=O)c2ccccc2)[C@H](C)C(=O)NCC(C)C)cc1. The second-order valence-corrected chi connectivity index (χ2v) is 12.3. The van der Waals surface area contributed by atoms with E-state index in [-0.39, 0.29) is 23.3 Å². The average Bonchev–Trinajstić information content (AvgIpc) is 2.93. The Labute approximate surface area is 239 Å². The van der Waals surface area contributed by atoms with Gasteiger partial charge in [-0.2, -0.15) is 0 Å². The minimum atomic E-state index is -4.10. The Hall–Kier alpha value is -3.37. The molecule has 0 unspecified atom stereocenters. The number of carbonyl (C=O) groups excluding carboxylic acids is 2. The molecule has 8 nitrogen and oxygen atoms in total. The highest BCUT2D eigenvalue weighted by atomic mass is 79.9. The van der Waals surface area contributed by atoms with Gasteiger partial charge in [-0.1, -0.05) is 66.2 Å². The fraction of sp³-hybridized carbons (Fsp3) is 0.310. The Morgan fingerprint density at radius 2 is 1.62 bits per heavy atom. The fourth-order valence-electron chi connectivity index (χ4n) is 3.84. The molecule has 3 aromatic rings. The van der Waals surface area contributed by atoms with Crippen LogP contribution in [-0.2, 0) is 26.2 Å². The van der Waals surface area contributed by atoms with E-state index in [0.717, 1.165) is 9.87 Å². The lowest BCUT2D eigenvalue weighted by molar-refractivity contribution is -0.139. The van der Waals surface area contributed by atoms with Crippen LogP contribution >= 0.6 is 15.9 Å². The maximum atomic E-state index is 13.9. The number of nitrogens with one attached hydrogen (secondary N) is 1. The van der Waals surface area contributed by atoms with Gasteiger partial charge in [0, 0.05) is 17.6 Å². The smallest absolute Gasteiger partial charge is 0.264 e. The molecule has 1 N–H and O–H groups in total. The molecule has 0 aliphatic heterocycles. The number of sulfonamides is 1. The number of hydrogen-bond acceptors (Lipinski definition) is 5. The average molecular weight is 617 g/mol. The zero-order chi connectivity index (χ0) is 28.6. The number of halogens is 1. The first-order valence-corrected chi connectivity index (χ1v) is 14.8.